The van der Waals surface area contributed by atoms with Gasteiger partial charge in [-0.3, -0.25) is 0 Å². The van der Waals surface area contributed by atoms with E-state index in [0.717, 1.165) is 6.07 Å². The van der Waals surface area contributed by atoms with Crippen molar-refractivity contribution < 1.29 is 40.0 Å². The van der Waals surface area contributed by atoms with Gasteiger partial charge in [-0.05, 0) is 42.8 Å². The summed E-state index contributed by atoms with van der Waals surface area (Å²) in [4.78, 5) is 12.5. The molecule has 0 heterocycles. The Kier molecular flexibility index (Phi) is 6.15. The standard InChI is InChI=1S/C16H15F3O6S2/c1-4-24-15(20)10-5-9-6-13(23-2)14(26-3)8-11(9)12(7-10)25-27(21,22)16(17,18)19/h5-8H,4H2,1-3H3. The Morgan fingerprint density at radius 2 is 1.81 bits per heavy atom. The van der Waals surface area contributed by atoms with Crippen LogP contribution in [0.4, 0.5) is 13.2 Å². The summed E-state index contributed by atoms with van der Waals surface area (Å²) in [7, 11) is -4.52. The van der Waals surface area contributed by atoms with Crippen LogP contribution < -0.4 is 8.92 Å². The first kappa shape index (κ1) is 21.2. The highest BCUT2D eigenvalue weighted by atomic mass is 32.2. The van der Waals surface area contributed by atoms with Crippen molar-refractivity contribution in [1.82, 2.24) is 0 Å². The summed E-state index contributed by atoms with van der Waals surface area (Å²) < 4.78 is 75.5. The normalized spacial score (nSPS) is 12.1. The number of thioether (sulfide) groups is 1. The first-order valence-corrected chi connectivity index (χ1v) is 10.0. The third-order valence-corrected chi connectivity index (χ3v) is 5.14. The molecule has 0 unspecified atom stereocenters. The Bertz CT molecular complexity index is 970. The van der Waals surface area contributed by atoms with E-state index in [-0.39, 0.29) is 22.9 Å². The van der Waals surface area contributed by atoms with Crippen LogP contribution in [0.25, 0.3) is 10.8 Å². The van der Waals surface area contributed by atoms with E-state index >= 15 is 0 Å². The summed E-state index contributed by atoms with van der Waals surface area (Å²) in [6, 6.07) is 5.15. The number of benzene rings is 2. The Balaban J connectivity index is 2.76. The number of carbonyl (C=O) groups excluding carboxylic acids is 1. The SMILES string of the molecule is CCOC(=O)c1cc(OS(=O)(=O)C(F)(F)F)c2cc(SC)c(OC)cc2c1. The third-order valence-electron chi connectivity index (χ3n) is 3.41. The lowest BCUT2D eigenvalue weighted by atomic mass is 10.1. The van der Waals surface area contributed by atoms with Gasteiger partial charge in [0.15, 0.2) is 5.75 Å². The summed E-state index contributed by atoms with van der Waals surface area (Å²) in [6.45, 7) is 1.58. The average Bonchev–Trinajstić information content (AvgIpc) is 2.59. The highest BCUT2D eigenvalue weighted by Gasteiger charge is 2.48. The van der Waals surface area contributed by atoms with Crippen LogP contribution in [0.15, 0.2) is 29.2 Å². The predicted octanol–water partition coefficient (Wildman–Crippen LogP) is 3.98. The molecule has 11 heteroatoms. The Hall–Kier alpha value is -2.14. The van der Waals surface area contributed by atoms with E-state index in [9.17, 15) is 26.4 Å². The topological polar surface area (TPSA) is 78.9 Å². The number of halogens is 3. The van der Waals surface area contributed by atoms with Crippen molar-refractivity contribution in [2.24, 2.45) is 0 Å². The maximum atomic E-state index is 12.7. The predicted molar refractivity (Wildman–Crippen MR) is 93.8 cm³/mol. The molecule has 0 bridgehead atoms. The number of methoxy groups -OCH3 is 1. The number of carbonyl (C=O) groups is 1. The fourth-order valence-corrected chi connectivity index (χ4v) is 3.27. The lowest BCUT2D eigenvalue weighted by Gasteiger charge is -2.15. The smallest absolute Gasteiger partial charge is 0.496 e. The molecule has 0 N–H and O–H groups in total. The van der Waals surface area contributed by atoms with Gasteiger partial charge >= 0.3 is 21.6 Å². The van der Waals surface area contributed by atoms with Gasteiger partial charge in [-0.25, -0.2) is 4.79 Å². The molecule has 148 valence electrons. The fourth-order valence-electron chi connectivity index (χ4n) is 2.22. The first-order chi connectivity index (χ1) is 12.5. The zero-order valence-electron chi connectivity index (χ0n) is 14.4. The van der Waals surface area contributed by atoms with Gasteiger partial charge in [-0.2, -0.15) is 21.6 Å². The second kappa shape index (κ2) is 7.85. The van der Waals surface area contributed by atoms with Gasteiger partial charge in [0.1, 0.15) is 5.75 Å². The van der Waals surface area contributed by atoms with E-state index in [1.165, 1.54) is 37.1 Å². The van der Waals surface area contributed by atoms with Crippen LogP contribution in [0.1, 0.15) is 17.3 Å². The maximum Gasteiger partial charge on any atom is 0.534 e. The van der Waals surface area contributed by atoms with Crippen LogP contribution >= 0.6 is 11.8 Å². The minimum atomic E-state index is -5.92. The van der Waals surface area contributed by atoms with Crippen molar-refractivity contribution in [3.05, 3.63) is 29.8 Å². The van der Waals surface area contributed by atoms with E-state index in [4.69, 9.17) is 9.47 Å². The number of rotatable bonds is 6. The lowest BCUT2D eigenvalue weighted by Crippen LogP contribution is -2.28. The van der Waals surface area contributed by atoms with Gasteiger partial charge in [0.2, 0.25) is 0 Å². The highest BCUT2D eigenvalue weighted by molar-refractivity contribution is 7.98. The van der Waals surface area contributed by atoms with Gasteiger partial charge < -0.3 is 13.7 Å². The Labute approximate surface area is 157 Å². The molecule has 0 amide bonds. The molecule has 0 aromatic heterocycles. The molecular formula is C16H15F3O6S2. The zero-order chi connectivity index (χ0) is 20.4. The number of hydrogen-bond acceptors (Lipinski definition) is 7. The van der Waals surface area contributed by atoms with Crippen LogP contribution in [0, 0.1) is 0 Å². The van der Waals surface area contributed by atoms with Crippen molar-refractivity contribution in [1.29, 1.82) is 0 Å². The fraction of sp³-hybridized carbons (Fsp3) is 0.312. The molecule has 0 fully saturated rings. The molecule has 0 aliphatic carbocycles. The Morgan fingerprint density at radius 3 is 2.33 bits per heavy atom. The van der Waals surface area contributed by atoms with Crippen molar-refractivity contribution >= 4 is 38.6 Å². The van der Waals surface area contributed by atoms with Crippen LogP contribution in [0.5, 0.6) is 11.5 Å². The van der Waals surface area contributed by atoms with E-state index in [2.05, 4.69) is 4.18 Å². The van der Waals surface area contributed by atoms with E-state index in [0.29, 0.717) is 10.6 Å². The van der Waals surface area contributed by atoms with Gasteiger partial charge in [0.05, 0.1) is 19.3 Å². The monoisotopic (exact) mass is 424 g/mol. The van der Waals surface area contributed by atoms with Crippen LogP contribution in [0.3, 0.4) is 0 Å². The summed E-state index contributed by atoms with van der Waals surface area (Å²) in [5.41, 5.74) is -5.77. The molecular weight excluding hydrogens is 409 g/mol. The summed E-state index contributed by atoms with van der Waals surface area (Å²) in [5, 5.41) is 0.323. The van der Waals surface area contributed by atoms with Crippen molar-refractivity contribution in [2.45, 2.75) is 17.3 Å². The molecule has 6 nitrogen and oxygen atoms in total. The van der Waals surface area contributed by atoms with E-state index in [1.807, 2.05) is 0 Å². The minimum absolute atomic E-state index is 0.0304. The number of esters is 1. The highest BCUT2D eigenvalue weighted by Crippen LogP contribution is 2.39. The largest absolute Gasteiger partial charge is 0.534 e. The molecule has 0 aliphatic heterocycles. The van der Waals surface area contributed by atoms with Gasteiger partial charge in [0.25, 0.3) is 0 Å². The van der Waals surface area contributed by atoms with Crippen molar-refractivity contribution in [3.63, 3.8) is 0 Å². The molecule has 2 aromatic rings. The van der Waals surface area contributed by atoms with Crippen LogP contribution in [-0.4, -0.2) is 39.9 Å². The second-order valence-electron chi connectivity index (χ2n) is 5.11. The van der Waals surface area contributed by atoms with Gasteiger partial charge in [0, 0.05) is 10.3 Å². The molecule has 0 saturated carbocycles. The molecule has 0 atom stereocenters. The summed E-state index contributed by atoms with van der Waals surface area (Å²) in [5.74, 6) is -1.06. The Morgan fingerprint density at radius 1 is 1.15 bits per heavy atom. The average molecular weight is 424 g/mol. The molecule has 0 saturated heterocycles. The molecule has 27 heavy (non-hydrogen) atoms. The summed E-state index contributed by atoms with van der Waals surface area (Å²) >= 11 is 1.24. The number of ether oxygens (including phenoxy) is 2. The van der Waals surface area contributed by atoms with E-state index in [1.54, 1.807) is 13.2 Å². The van der Waals surface area contributed by atoms with E-state index < -0.39 is 27.3 Å². The molecule has 2 rings (SSSR count). The zero-order valence-corrected chi connectivity index (χ0v) is 16.0. The molecule has 0 spiro atoms. The second-order valence-corrected chi connectivity index (χ2v) is 7.49. The first-order valence-electron chi connectivity index (χ1n) is 7.41. The molecule has 0 radical (unpaired) electrons. The van der Waals surface area contributed by atoms with Gasteiger partial charge in [-0.1, -0.05) is 0 Å². The lowest BCUT2D eigenvalue weighted by molar-refractivity contribution is -0.0499. The third kappa shape index (κ3) is 4.41. The van der Waals surface area contributed by atoms with Crippen LogP contribution in [-0.2, 0) is 14.9 Å². The number of fused-ring (bicyclic) bond motifs is 1. The molecule has 2 aromatic carbocycles. The minimum Gasteiger partial charge on any atom is -0.496 e. The van der Waals surface area contributed by atoms with Crippen LogP contribution in [0.2, 0.25) is 0 Å². The summed E-state index contributed by atoms with van der Waals surface area (Å²) in [6.07, 6.45) is 1.71. The number of hydrogen-bond donors (Lipinski definition) is 0. The number of alkyl halides is 3. The quantitative estimate of drug-likeness (QED) is 0.300. The maximum absolute atomic E-state index is 12.7. The van der Waals surface area contributed by atoms with Gasteiger partial charge in [-0.15, -0.1) is 11.8 Å². The van der Waals surface area contributed by atoms with Crippen molar-refractivity contribution in [2.75, 3.05) is 20.0 Å². The van der Waals surface area contributed by atoms with Crippen molar-refractivity contribution in [3.8, 4) is 11.5 Å². The molecule has 0 aliphatic rings.